The van der Waals surface area contributed by atoms with Gasteiger partial charge in [0.1, 0.15) is 12.4 Å². The summed E-state index contributed by atoms with van der Waals surface area (Å²) in [5.41, 5.74) is 1.02. The summed E-state index contributed by atoms with van der Waals surface area (Å²) in [7, 11) is 0. The van der Waals surface area contributed by atoms with Crippen LogP contribution in [0.25, 0.3) is 0 Å². The normalized spacial score (nSPS) is 20.8. The fraction of sp³-hybridized carbons (Fsp3) is 0.778. The molecule has 0 bridgehead atoms. The van der Waals surface area contributed by atoms with Crippen LogP contribution in [-0.4, -0.2) is 34.2 Å². The van der Waals surface area contributed by atoms with E-state index in [0.717, 1.165) is 25.0 Å². The van der Waals surface area contributed by atoms with E-state index >= 15 is 0 Å². The Kier molecular flexibility index (Phi) is 9.37. The Morgan fingerprint density at radius 1 is 1.35 bits per heavy atom. The van der Waals surface area contributed by atoms with Crippen molar-refractivity contribution in [2.24, 2.45) is 11.1 Å². The minimum atomic E-state index is 0.0137. The Labute approximate surface area is 144 Å². The van der Waals surface area contributed by atoms with Crippen molar-refractivity contribution in [3.05, 3.63) is 11.3 Å². The zero-order chi connectivity index (χ0) is 17.2. The maximum Gasteiger partial charge on any atom is 0.168 e. The van der Waals surface area contributed by atoms with E-state index in [1.807, 2.05) is 25.6 Å². The van der Waals surface area contributed by atoms with Gasteiger partial charge in [0, 0.05) is 18.1 Å². The van der Waals surface area contributed by atoms with Crippen LogP contribution in [0.3, 0.4) is 0 Å². The number of Topliss-reactive ketones (excluding diaryl/α,β-unsaturated/α-hetero) is 1. The molecule has 0 spiro atoms. The second-order valence-electron chi connectivity index (χ2n) is 6.14. The molecule has 2 unspecified atom stereocenters. The highest BCUT2D eigenvalue weighted by molar-refractivity contribution is 7.99. The summed E-state index contributed by atoms with van der Waals surface area (Å²) in [6, 6.07) is 0. The molecule has 2 atom stereocenters. The third-order valence-electron chi connectivity index (χ3n) is 3.89. The lowest BCUT2D eigenvalue weighted by molar-refractivity contribution is -0.116. The van der Waals surface area contributed by atoms with E-state index in [2.05, 4.69) is 19.0 Å². The summed E-state index contributed by atoms with van der Waals surface area (Å²) >= 11 is 1.90. The summed E-state index contributed by atoms with van der Waals surface area (Å²) < 4.78 is 0. The number of rotatable bonds is 10. The van der Waals surface area contributed by atoms with E-state index in [4.69, 9.17) is 4.84 Å². The van der Waals surface area contributed by atoms with Gasteiger partial charge in [0.25, 0.3) is 0 Å². The molecule has 1 rings (SSSR count). The van der Waals surface area contributed by atoms with Gasteiger partial charge in [0.05, 0.1) is 11.3 Å². The van der Waals surface area contributed by atoms with Crippen LogP contribution in [0.1, 0.15) is 66.2 Å². The number of thioether (sulfide) groups is 1. The van der Waals surface area contributed by atoms with Crippen molar-refractivity contribution in [3.8, 4) is 0 Å². The maximum absolute atomic E-state index is 12.5. The van der Waals surface area contributed by atoms with Gasteiger partial charge in [-0.1, -0.05) is 39.3 Å². The highest BCUT2D eigenvalue weighted by atomic mass is 32.2. The van der Waals surface area contributed by atoms with Crippen LogP contribution in [0.15, 0.2) is 16.5 Å². The fourth-order valence-corrected chi connectivity index (χ4v) is 3.93. The quantitative estimate of drug-likeness (QED) is 0.349. The molecule has 132 valence electrons. The summed E-state index contributed by atoms with van der Waals surface area (Å²) in [5, 5.41) is 15.1. The van der Waals surface area contributed by atoms with Crippen LogP contribution in [0.5, 0.6) is 0 Å². The van der Waals surface area contributed by atoms with E-state index in [1.165, 1.54) is 0 Å². The van der Waals surface area contributed by atoms with Crippen molar-refractivity contribution in [2.45, 2.75) is 71.5 Å². The monoisotopic (exact) mass is 341 g/mol. The van der Waals surface area contributed by atoms with Gasteiger partial charge in [-0.3, -0.25) is 4.79 Å². The first-order valence-corrected chi connectivity index (χ1v) is 9.84. The molecule has 0 saturated carbocycles. The minimum Gasteiger partial charge on any atom is -0.511 e. The number of hydrogen-bond donors (Lipinski definition) is 1. The molecule has 1 aliphatic carbocycles. The largest absolute Gasteiger partial charge is 0.511 e. The van der Waals surface area contributed by atoms with Crippen LogP contribution in [0.4, 0.5) is 0 Å². The maximum atomic E-state index is 12.5. The van der Waals surface area contributed by atoms with Gasteiger partial charge in [0.2, 0.25) is 0 Å². The number of hydrogen-bond acceptors (Lipinski definition) is 5. The molecule has 4 nitrogen and oxygen atoms in total. The summed E-state index contributed by atoms with van der Waals surface area (Å²) in [6.45, 7) is 8.91. The number of aliphatic hydroxyl groups excluding tert-OH is 1. The van der Waals surface area contributed by atoms with Gasteiger partial charge in [-0.15, -0.1) is 0 Å². The van der Waals surface area contributed by atoms with Gasteiger partial charge in [-0.2, -0.15) is 11.8 Å². The molecule has 0 aromatic rings. The van der Waals surface area contributed by atoms with E-state index in [9.17, 15) is 9.90 Å². The van der Waals surface area contributed by atoms with Gasteiger partial charge < -0.3 is 9.94 Å². The van der Waals surface area contributed by atoms with Gasteiger partial charge in [0.15, 0.2) is 5.78 Å². The SMILES string of the molecule is CCCO/N=C(/CCC)C1=C(O)CC(CC(C)SCC)CC1=O. The average molecular weight is 342 g/mol. The van der Waals surface area contributed by atoms with Crippen molar-refractivity contribution in [1.29, 1.82) is 0 Å². The summed E-state index contributed by atoms with van der Waals surface area (Å²) in [6.07, 6.45) is 4.44. The second-order valence-corrected chi connectivity index (χ2v) is 7.86. The second kappa shape index (κ2) is 10.7. The van der Waals surface area contributed by atoms with Crippen molar-refractivity contribution in [2.75, 3.05) is 12.4 Å². The van der Waals surface area contributed by atoms with Crippen LogP contribution < -0.4 is 0 Å². The Morgan fingerprint density at radius 3 is 2.65 bits per heavy atom. The number of nitrogens with zero attached hydrogens (tertiary/aromatic N) is 1. The van der Waals surface area contributed by atoms with Crippen molar-refractivity contribution in [1.82, 2.24) is 0 Å². The molecule has 0 aliphatic heterocycles. The van der Waals surface area contributed by atoms with E-state index in [-0.39, 0.29) is 17.5 Å². The zero-order valence-electron chi connectivity index (χ0n) is 14.9. The number of ketones is 1. The van der Waals surface area contributed by atoms with Crippen LogP contribution >= 0.6 is 11.8 Å². The Bertz CT molecular complexity index is 446. The fourth-order valence-electron chi connectivity index (χ4n) is 2.96. The molecule has 0 radical (unpaired) electrons. The predicted octanol–water partition coefficient (Wildman–Crippen LogP) is 4.89. The molecular formula is C18H31NO3S. The zero-order valence-corrected chi connectivity index (χ0v) is 15.7. The van der Waals surface area contributed by atoms with Gasteiger partial charge >= 0.3 is 0 Å². The third-order valence-corrected chi connectivity index (χ3v) is 4.98. The lowest BCUT2D eigenvalue weighted by Gasteiger charge is -2.25. The highest BCUT2D eigenvalue weighted by Gasteiger charge is 2.31. The summed E-state index contributed by atoms with van der Waals surface area (Å²) in [5.74, 6) is 1.53. The smallest absolute Gasteiger partial charge is 0.168 e. The van der Waals surface area contributed by atoms with E-state index < -0.39 is 0 Å². The third kappa shape index (κ3) is 6.58. The molecule has 0 heterocycles. The Morgan fingerprint density at radius 2 is 2.09 bits per heavy atom. The molecule has 1 N–H and O–H groups in total. The van der Waals surface area contributed by atoms with Crippen molar-refractivity contribution < 1.29 is 14.7 Å². The minimum absolute atomic E-state index is 0.0137. The van der Waals surface area contributed by atoms with Crippen molar-refractivity contribution in [3.63, 3.8) is 0 Å². The molecule has 0 amide bonds. The number of aliphatic hydroxyl groups is 1. The molecule has 1 aliphatic rings. The molecule has 5 heteroatoms. The predicted molar refractivity (Wildman–Crippen MR) is 98.2 cm³/mol. The molecule has 23 heavy (non-hydrogen) atoms. The average Bonchev–Trinajstić information content (AvgIpc) is 2.47. The lowest BCUT2D eigenvalue weighted by Crippen LogP contribution is -2.26. The number of oxime groups is 1. The van der Waals surface area contributed by atoms with E-state index in [0.29, 0.717) is 42.4 Å². The van der Waals surface area contributed by atoms with Crippen molar-refractivity contribution >= 4 is 23.3 Å². The number of carbonyl (C=O) groups is 1. The first-order chi connectivity index (χ1) is 11.0. The molecular weight excluding hydrogens is 310 g/mol. The molecule has 0 aromatic heterocycles. The molecule has 0 saturated heterocycles. The van der Waals surface area contributed by atoms with Gasteiger partial charge in [-0.25, -0.2) is 0 Å². The topological polar surface area (TPSA) is 58.9 Å². The van der Waals surface area contributed by atoms with Gasteiger partial charge in [-0.05, 0) is 30.9 Å². The number of carbonyl (C=O) groups excluding carboxylic acids is 1. The lowest BCUT2D eigenvalue weighted by atomic mass is 9.82. The van der Waals surface area contributed by atoms with Crippen LogP contribution in [0.2, 0.25) is 0 Å². The molecule has 0 fully saturated rings. The summed E-state index contributed by atoms with van der Waals surface area (Å²) in [4.78, 5) is 17.8. The standard InChI is InChI=1S/C18H31NO3S/c1-5-8-15(19-22-9-6-2)18-16(20)11-14(12-17(18)21)10-13(4)23-7-3/h13-14,20H,5-12H2,1-4H3/b19-15-. The van der Waals surface area contributed by atoms with Crippen LogP contribution in [0, 0.1) is 5.92 Å². The first-order valence-electron chi connectivity index (χ1n) is 8.79. The van der Waals surface area contributed by atoms with Crippen LogP contribution in [-0.2, 0) is 9.63 Å². The Balaban J connectivity index is 2.84. The number of allylic oxidation sites excluding steroid dienone is 2. The van der Waals surface area contributed by atoms with E-state index in [1.54, 1.807) is 0 Å². The first kappa shape index (κ1) is 20.1. The Hall–Kier alpha value is -0.970. The molecule has 0 aromatic carbocycles. The highest BCUT2D eigenvalue weighted by Crippen LogP contribution is 2.32.